The number of fused-ring (bicyclic) bond motifs is 1. The summed E-state index contributed by atoms with van der Waals surface area (Å²) in [7, 11) is -3.50. The molecule has 1 aliphatic rings. The van der Waals surface area contributed by atoms with Crippen LogP contribution in [0.2, 0.25) is 5.02 Å². The maximum absolute atomic E-state index is 12.7. The summed E-state index contributed by atoms with van der Waals surface area (Å²) in [5.41, 5.74) is 8.04. The van der Waals surface area contributed by atoms with Crippen molar-refractivity contribution in [1.29, 1.82) is 0 Å². The molecule has 1 aliphatic heterocycles. The van der Waals surface area contributed by atoms with E-state index in [0.717, 1.165) is 5.39 Å². The van der Waals surface area contributed by atoms with E-state index in [1.54, 1.807) is 48.5 Å². The van der Waals surface area contributed by atoms with Crippen molar-refractivity contribution >= 4 is 55.6 Å². The highest BCUT2D eigenvalue weighted by Gasteiger charge is 2.27. The molecule has 0 bridgehead atoms. The molecule has 144 valence electrons. The molecular weight excluding hydrogens is 400 g/mol. The second kappa shape index (κ2) is 6.97. The van der Waals surface area contributed by atoms with Crippen LogP contribution in [0.5, 0.6) is 0 Å². The lowest BCUT2D eigenvalue weighted by atomic mass is 10.1. The van der Waals surface area contributed by atoms with Crippen LogP contribution >= 0.6 is 11.6 Å². The van der Waals surface area contributed by atoms with E-state index in [0.29, 0.717) is 46.1 Å². The minimum absolute atomic E-state index is 0.319. The lowest BCUT2D eigenvalue weighted by Crippen LogP contribution is -2.29. The van der Waals surface area contributed by atoms with E-state index in [1.807, 2.05) is 6.07 Å². The summed E-state index contributed by atoms with van der Waals surface area (Å²) in [6.45, 7) is 0.712. The van der Waals surface area contributed by atoms with Crippen LogP contribution in [0, 0.1) is 0 Å². The molecule has 28 heavy (non-hydrogen) atoms. The van der Waals surface area contributed by atoms with Crippen molar-refractivity contribution in [2.45, 2.75) is 0 Å². The molecule has 1 heterocycles. The molecule has 0 spiro atoms. The number of carbonyl (C=O) groups is 1. The van der Waals surface area contributed by atoms with Gasteiger partial charge in [0, 0.05) is 40.8 Å². The van der Waals surface area contributed by atoms with Crippen LogP contribution < -0.4 is 20.1 Å². The van der Waals surface area contributed by atoms with Gasteiger partial charge in [0.25, 0.3) is 5.91 Å². The number of amides is 1. The normalized spacial score (nSPS) is 15.7. The molecule has 0 atom stereocenters. The third kappa shape index (κ3) is 3.26. The lowest BCUT2D eigenvalue weighted by Gasteiger charge is -2.16. The van der Waals surface area contributed by atoms with E-state index in [9.17, 15) is 13.2 Å². The summed E-state index contributed by atoms with van der Waals surface area (Å²) < 4.78 is 27.5. The quantitative estimate of drug-likeness (QED) is 0.571. The topological polar surface area (TPSA) is 105 Å². The molecule has 0 aliphatic carbocycles. The van der Waals surface area contributed by atoms with Crippen LogP contribution in [0.4, 0.5) is 17.1 Å². The van der Waals surface area contributed by atoms with Gasteiger partial charge in [-0.15, -0.1) is 0 Å². The first-order valence-corrected chi connectivity index (χ1v) is 10.3. The van der Waals surface area contributed by atoms with Crippen LogP contribution in [-0.4, -0.2) is 27.4 Å². The number of nitrogens with one attached hydrogen (secondary N) is 2. The van der Waals surface area contributed by atoms with Gasteiger partial charge in [-0.05, 0) is 42.5 Å². The van der Waals surface area contributed by atoms with Crippen LogP contribution in [0.3, 0.4) is 0 Å². The molecule has 0 unspecified atom stereocenters. The molecule has 4 N–H and O–H groups in total. The summed E-state index contributed by atoms with van der Waals surface area (Å²) in [6.07, 6.45) is 0. The number of nitrogens with two attached hydrogens (primary N) is 1. The monoisotopic (exact) mass is 416 g/mol. The summed E-state index contributed by atoms with van der Waals surface area (Å²) in [5, 5.41) is 4.80. The maximum Gasteiger partial charge on any atom is 0.301 e. The Labute approximate surface area is 167 Å². The summed E-state index contributed by atoms with van der Waals surface area (Å²) in [4.78, 5) is 12.7. The molecule has 3 aromatic carbocycles. The zero-order valence-electron chi connectivity index (χ0n) is 14.6. The van der Waals surface area contributed by atoms with E-state index in [2.05, 4.69) is 10.0 Å². The Morgan fingerprint density at radius 3 is 2.54 bits per heavy atom. The highest BCUT2D eigenvalue weighted by molar-refractivity contribution is 7.91. The van der Waals surface area contributed by atoms with Crippen LogP contribution in [0.1, 0.15) is 10.4 Å². The minimum Gasteiger partial charge on any atom is -0.398 e. The number of carbonyl (C=O) groups excluding carboxylic acids is 1. The molecular formula is C19H17ClN4O3S. The number of nitrogen functional groups attached to an aromatic ring is 1. The average Bonchev–Trinajstić information content (AvgIpc) is 3.03. The van der Waals surface area contributed by atoms with Crippen LogP contribution in [0.25, 0.3) is 10.8 Å². The first-order valence-electron chi connectivity index (χ1n) is 8.52. The number of halogens is 1. The summed E-state index contributed by atoms with van der Waals surface area (Å²) in [6, 6.07) is 15.2. The van der Waals surface area contributed by atoms with E-state index in [4.69, 9.17) is 17.3 Å². The maximum atomic E-state index is 12.7. The van der Waals surface area contributed by atoms with Gasteiger partial charge < -0.3 is 11.1 Å². The second-order valence-electron chi connectivity index (χ2n) is 6.34. The van der Waals surface area contributed by atoms with Crippen molar-refractivity contribution in [1.82, 2.24) is 4.72 Å². The second-order valence-corrected chi connectivity index (χ2v) is 8.42. The lowest BCUT2D eigenvalue weighted by molar-refractivity contribution is 0.102. The predicted molar refractivity (Wildman–Crippen MR) is 112 cm³/mol. The van der Waals surface area contributed by atoms with E-state index < -0.39 is 10.2 Å². The number of benzene rings is 3. The summed E-state index contributed by atoms with van der Waals surface area (Å²) in [5.74, 6) is -0.319. The Bertz CT molecular complexity index is 1170. The fourth-order valence-electron chi connectivity index (χ4n) is 3.22. The van der Waals surface area contributed by atoms with E-state index in [1.165, 1.54) is 4.31 Å². The molecule has 3 aromatic rings. The first-order chi connectivity index (χ1) is 13.4. The van der Waals surface area contributed by atoms with Crippen molar-refractivity contribution in [2.24, 2.45) is 0 Å². The zero-order chi connectivity index (χ0) is 19.9. The van der Waals surface area contributed by atoms with Gasteiger partial charge in [0.1, 0.15) is 0 Å². The van der Waals surface area contributed by atoms with E-state index >= 15 is 0 Å². The highest BCUT2D eigenvalue weighted by Crippen LogP contribution is 2.34. The van der Waals surface area contributed by atoms with Gasteiger partial charge in [-0.3, -0.25) is 9.10 Å². The van der Waals surface area contributed by atoms with Gasteiger partial charge in [0.15, 0.2) is 0 Å². The SMILES string of the molecule is Nc1cccc2c(NC(=O)c3ccc(N4CCNS4(=O)=O)cc3)ccc(Cl)c12. The molecule has 4 rings (SSSR count). The Morgan fingerprint density at radius 1 is 1.11 bits per heavy atom. The molecule has 9 heteroatoms. The Kier molecular flexibility index (Phi) is 4.62. The number of hydrogen-bond acceptors (Lipinski definition) is 4. The molecule has 0 aromatic heterocycles. The number of rotatable bonds is 3. The van der Waals surface area contributed by atoms with Crippen molar-refractivity contribution < 1.29 is 13.2 Å². The van der Waals surface area contributed by atoms with Gasteiger partial charge in [0.05, 0.1) is 10.7 Å². The van der Waals surface area contributed by atoms with Crippen molar-refractivity contribution in [3.63, 3.8) is 0 Å². The predicted octanol–water partition coefficient (Wildman–Crippen LogP) is 2.98. The van der Waals surface area contributed by atoms with Crippen molar-refractivity contribution in [3.05, 3.63) is 65.2 Å². The van der Waals surface area contributed by atoms with Crippen LogP contribution in [0.15, 0.2) is 54.6 Å². The molecule has 7 nitrogen and oxygen atoms in total. The van der Waals surface area contributed by atoms with Gasteiger partial charge in [-0.1, -0.05) is 23.7 Å². The molecule has 0 saturated carbocycles. The largest absolute Gasteiger partial charge is 0.398 e. The fourth-order valence-corrected chi connectivity index (χ4v) is 4.73. The number of anilines is 3. The van der Waals surface area contributed by atoms with Crippen LogP contribution in [-0.2, 0) is 10.2 Å². The number of nitrogens with zero attached hydrogens (tertiary/aromatic N) is 1. The van der Waals surface area contributed by atoms with Gasteiger partial charge in [-0.25, -0.2) is 0 Å². The molecule has 1 saturated heterocycles. The average molecular weight is 417 g/mol. The Morgan fingerprint density at radius 2 is 1.86 bits per heavy atom. The van der Waals surface area contributed by atoms with Crippen molar-refractivity contribution in [2.75, 3.05) is 28.4 Å². The van der Waals surface area contributed by atoms with Gasteiger partial charge >= 0.3 is 10.2 Å². The Balaban J connectivity index is 1.61. The fraction of sp³-hybridized carbons (Fsp3) is 0.105. The smallest absolute Gasteiger partial charge is 0.301 e. The number of hydrogen-bond donors (Lipinski definition) is 3. The van der Waals surface area contributed by atoms with Gasteiger partial charge in [-0.2, -0.15) is 13.1 Å². The first kappa shape index (κ1) is 18.5. The zero-order valence-corrected chi connectivity index (χ0v) is 16.2. The molecule has 0 radical (unpaired) electrons. The summed E-state index contributed by atoms with van der Waals surface area (Å²) >= 11 is 6.24. The van der Waals surface area contributed by atoms with Gasteiger partial charge in [0.2, 0.25) is 0 Å². The molecule has 1 amide bonds. The third-order valence-electron chi connectivity index (χ3n) is 4.58. The standard InChI is InChI=1S/C19H17ClN4O3S/c20-15-8-9-17(14-2-1-3-16(21)18(14)15)23-19(25)12-4-6-13(7-5-12)24-11-10-22-28(24,26)27/h1-9,22H,10-11,21H2,(H,23,25). The van der Waals surface area contributed by atoms with Crippen molar-refractivity contribution in [3.8, 4) is 0 Å². The minimum atomic E-state index is -3.50. The molecule has 1 fully saturated rings. The third-order valence-corrected chi connectivity index (χ3v) is 6.43. The Hall–Kier alpha value is -2.81. The highest BCUT2D eigenvalue weighted by atomic mass is 35.5. The van der Waals surface area contributed by atoms with E-state index in [-0.39, 0.29) is 5.91 Å².